The third-order valence-electron chi connectivity index (χ3n) is 3.80. The molecule has 0 spiro atoms. The van der Waals surface area contributed by atoms with Crippen LogP contribution in [0.1, 0.15) is 59.8 Å². The highest BCUT2D eigenvalue weighted by Crippen LogP contribution is 2.37. The molecule has 1 fully saturated rings. The summed E-state index contributed by atoms with van der Waals surface area (Å²) in [5, 5.41) is 0. The van der Waals surface area contributed by atoms with Crippen LogP contribution in [0.15, 0.2) is 48.1 Å². The van der Waals surface area contributed by atoms with Crippen molar-refractivity contribution in [1.29, 1.82) is 0 Å². The van der Waals surface area contributed by atoms with Crippen LogP contribution in [0.5, 0.6) is 0 Å². The topological polar surface area (TPSA) is 3.24 Å². The van der Waals surface area contributed by atoms with Crippen molar-refractivity contribution >= 4 is 0 Å². The molecule has 0 aliphatic heterocycles. The Morgan fingerprint density at radius 2 is 1.77 bits per heavy atom. The summed E-state index contributed by atoms with van der Waals surface area (Å²) in [6.45, 7) is 18.7. The second kappa shape index (κ2) is 12.5. The van der Waals surface area contributed by atoms with Gasteiger partial charge in [0.15, 0.2) is 0 Å². The second-order valence-corrected chi connectivity index (χ2v) is 6.70. The van der Waals surface area contributed by atoms with E-state index in [-0.39, 0.29) is 0 Å². The number of hydrogen-bond acceptors (Lipinski definition) is 1. The Balaban J connectivity index is 0.000000433. The first kappa shape index (κ1) is 20.9. The lowest BCUT2D eigenvalue weighted by atomic mass is 10.1. The molecular formula is C21H37N. The van der Waals surface area contributed by atoms with Crippen molar-refractivity contribution in [3.8, 4) is 0 Å². The van der Waals surface area contributed by atoms with E-state index < -0.39 is 0 Å². The van der Waals surface area contributed by atoms with Gasteiger partial charge in [-0.1, -0.05) is 55.0 Å². The van der Waals surface area contributed by atoms with Crippen molar-refractivity contribution in [2.45, 2.75) is 59.8 Å². The highest BCUT2D eigenvalue weighted by molar-refractivity contribution is 5.21. The van der Waals surface area contributed by atoms with Gasteiger partial charge >= 0.3 is 0 Å². The van der Waals surface area contributed by atoms with Gasteiger partial charge in [-0.3, -0.25) is 0 Å². The predicted octanol–water partition coefficient (Wildman–Crippen LogP) is 6.16. The summed E-state index contributed by atoms with van der Waals surface area (Å²) in [4.78, 5) is 2.42. The summed E-state index contributed by atoms with van der Waals surface area (Å²) in [5.41, 5.74) is 4.03. The summed E-state index contributed by atoms with van der Waals surface area (Å²) >= 11 is 0. The molecule has 22 heavy (non-hydrogen) atoms. The summed E-state index contributed by atoms with van der Waals surface area (Å²) in [6, 6.07) is 0. The van der Waals surface area contributed by atoms with E-state index in [4.69, 9.17) is 0 Å². The fourth-order valence-electron chi connectivity index (χ4n) is 2.13. The Morgan fingerprint density at radius 1 is 1.14 bits per heavy atom. The Labute approximate surface area is 139 Å². The molecule has 126 valence electrons. The molecule has 1 aliphatic carbocycles. The van der Waals surface area contributed by atoms with Gasteiger partial charge in [0.25, 0.3) is 0 Å². The smallest absolute Gasteiger partial charge is 0.00187 e. The van der Waals surface area contributed by atoms with E-state index in [9.17, 15) is 0 Å². The van der Waals surface area contributed by atoms with Crippen LogP contribution in [0.25, 0.3) is 0 Å². The summed E-state index contributed by atoms with van der Waals surface area (Å²) in [6.07, 6.45) is 12.6. The van der Waals surface area contributed by atoms with E-state index in [1.54, 1.807) is 0 Å². The molecule has 0 amide bonds. The molecule has 1 rings (SSSR count). The van der Waals surface area contributed by atoms with E-state index in [2.05, 4.69) is 58.0 Å². The molecule has 0 aromatic heterocycles. The van der Waals surface area contributed by atoms with E-state index >= 15 is 0 Å². The Morgan fingerprint density at radius 3 is 2.23 bits per heavy atom. The number of hydrogen-bond donors (Lipinski definition) is 0. The summed E-state index contributed by atoms with van der Waals surface area (Å²) < 4.78 is 0. The first-order valence-electron chi connectivity index (χ1n) is 8.71. The maximum absolute atomic E-state index is 4.14. The molecule has 0 aromatic rings. The molecule has 1 saturated carbocycles. The minimum Gasteiger partial charge on any atom is -0.306 e. The molecule has 1 nitrogen and oxygen atoms in total. The van der Waals surface area contributed by atoms with Crippen molar-refractivity contribution in [1.82, 2.24) is 4.90 Å². The molecule has 0 aromatic carbocycles. The standard InChI is InChI=1S/C12H23N.C9H14/c1-4-9-13(3)10-5-6-11(2)12-7-8-12;1-5-9(4)7-6-8(2)3/h12H,2,4-10H2,1,3H3;5-7H,1H2,2-4H3/b;9-7-. The molecule has 0 bridgehead atoms. The third-order valence-corrected chi connectivity index (χ3v) is 3.80. The first-order valence-corrected chi connectivity index (χ1v) is 8.71. The second-order valence-electron chi connectivity index (χ2n) is 6.70. The highest BCUT2D eigenvalue weighted by Gasteiger charge is 2.23. The molecular weight excluding hydrogens is 266 g/mol. The fraction of sp³-hybridized carbons (Fsp3) is 0.619. The Kier molecular flexibility index (Phi) is 11.9. The monoisotopic (exact) mass is 303 g/mol. The SMILES string of the molecule is C=C(CCCN(C)CCC)C1CC1.C=C/C(C)=C\C=C(C)C. The van der Waals surface area contributed by atoms with Gasteiger partial charge < -0.3 is 4.90 Å². The molecule has 0 unspecified atom stereocenters. The summed E-state index contributed by atoms with van der Waals surface area (Å²) in [7, 11) is 2.21. The normalized spacial score (nSPS) is 14.2. The maximum atomic E-state index is 4.14. The first-order chi connectivity index (χ1) is 10.4. The van der Waals surface area contributed by atoms with Crippen LogP contribution in [0.4, 0.5) is 0 Å². The molecule has 0 saturated heterocycles. The highest BCUT2D eigenvalue weighted by atomic mass is 15.1. The lowest BCUT2D eigenvalue weighted by Crippen LogP contribution is -2.20. The lowest BCUT2D eigenvalue weighted by Gasteiger charge is -2.15. The van der Waals surface area contributed by atoms with Crippen molar-refractivity contribution in [2.75, 3.05) is 20.1 Å². The molecule has 0 heterocycles. The summed E-state index contributed by atoms with van der Waals surface area (Å²) in [5.74, 6) is 0.900. The molecule has 1 aliphatic rings. The molecule has 0 N–H and O–H groups in total. The number of allylic oxidation sites excluding steroid dienone is 6. The van der Waals surface area contributed by atoms with Gasteiger partial charge in [-0.15, -0.1) is 0 Å². The largest absolute Gasteiger partial charge is 0.306 e. The Hall–Kier alpha value is -1.08. The van der Waals surface area contributed by atoms with Crippen molar-refractivity contribution < 1.29 is 0 Å². The molecule has 0 atom stereocenters. The van der Waals surface area contributed by atoms with E-state index in [0.717, 1.165) is 5.92 Å². The lowest BCUT2D eigenvalue weighted by molar-refractivity contribution is 0.329. The van der Waals surface area contributed by atoms with Gasteiger partial charge in [0.05, 0.1) is 0 Å². The van der Waals surface area contributed by atoms with Crippen LogP contribution >= 0.6 is 0 Å². The van der Waals surface area contributed by atoms with Crippen LogP contribution in [-0.4, -0.2) is 25.0 Å². The van der Waals surface area contributed by atoms with E-state index in [1.165, 1.54) is 61.9 Å². The minimum absolute atomic E-state index is 0.900. The zero-order chi connectivity index (χ0) is 17.0. The van der Waals surface area contributed by atoms with Gasteiger partial charge in [-0.25, -0.2) is 0 Å². The van der Waals surface area contributed by atoms with Crippen molar-refractivity contribution in [3.63, 3.8) is 0 Å². The van der Waals surface area contributed by atoms with Crippen molar-refractivity contribution in [3.05, 3.63) is 48.1 Å². The minimum atomic E-state index is 0.900. The average molecular weight is 304 g/mol. The van der Waals surface area contributed by atoms with E-state index in [1.807, 2.05) is 13.0 Å². The number of nitrogens with zero attached hydrogens (tertiary/aromatic N) is 1. The van der Waals surface area contributed by atoms with Gasteiger partial charge in [-0.2, -0.15) is 0 Å². The fourth-order valence-corrected chi connectivity index (χ4v) is 2.13. The van der Waals surface area contributed by atoms with Gasteiger partial charge in [0.1, 0.15) is 0 Å². The Bertz CT molecular complexity index is 379. The van der Waals surface area contributed by atoms with Crippen LogP contribution in [0, 0.1) is 5.92 Å². The average Bonchev–Trinajstić information content (AvgIpc) is 3.30. The van der Waals surface area contributed by atoms with Crippen LogP contribution < -0.4 is 0 Å². The quantitative estimate of drug-likeness (QED) is 0.364. The molecule has 1 heteroatoms. The van der Waals surface area contributed by atoms with Crippen LogP contribution in [-0.2, 0) is 0 Å². The predicted molar refractivity (Wildman–Crippen MR) is 102 cm³/mol. The van der Waals surface area contributed by atoms with Crippen molar-refractivity contribution in [2.24, 2.45) is 5.92 Å². The van der Waals surface area contributed by atoms with Crippen LogP contribution in [0.3, 0.4) is 0 Å². The van der Waals surface area contributed by atoms with Gasteiger partial charge in [-0.05, 0) is 78.9 Å². The number of rotatable bonds is 9. The van der Waals surface area contributed by atoms with Crippen LogP contribution in [0.2, 0.25) is 0 Å². The van der Waals surface area contributed by atoms with Gasteiger partial charge in [0, 0.05) is 0 Å². The zero-order valence-electron chi connectivity index (χ0n) is 15.6. The van der Waals surface area contributed by atoms with Gasteiger partial charge in [0.2, 0.25) is 0 Å². The zero-order valence-corrected chi connectivity index (χ0v) is 15.6. The maximum Gasteiger partial charge on any atom is -0.00187 e. The molecule has 0 radical (unpaired) electrons. The third kappa shape index (κ3) is 12.6. The van der Waals surface area contributed by atoms with E-state index in [0.29, 0.717) is 0 Å².